The van der Waals surface area contributed by atoms with E-state index in [4.69, 9.17) is 15.2 Å². The molecular weight excluding hydrogens is 200 g/mol. The molecule has 2 rings (SSSR count). The minimum atomic E-state index is 0.0280. The standard InChI is InChI=1S/C9H14N2O2S/c10-2-1-7-6-14-9(11-7)8-5-12-3-4-13-8/h6,8H,1-5,10H2. The average molecular weight is 214 g/mol. The zero-order chi connectivity index (χ0) is 9.80. The van der Waals surface area contributed by atoms with Gasteiger partial charge in [0.15, 0.2) is 0 Å². The van der Waals surface area contributed by atoms with Crippen LogP contribution in [0.15, 0.2) is 5.38 Å². The van der Waals surface area contributed by atoms with E-state index in [1.165, 1.54) is 0 Å². The highest BCUT2D eigenvalue weighted by Crippen LogP contribution is 2.24. The number of ether oxygens (including phenoxy) is 2. The summed E-state index contributed by atoms with van der Waals surface area (Å²) < 4.78 is 10.9. The van der Waals surface area contributed by atoms with Gasteiger partial charge in [-0.3, -0.25) is 0 Å². The lowest BCUT2D eigenvalue weighted by Gasteiger charge is -2.20. The van der Waals surface area contributed by atoms with Gasteiger partial charge in [-0.2, -0.15) is 0 Å². The van der Waals surface area contributed by atoms with Crippen molar-refractivity contribution < 1.29 is 9.47 Å². The third-order valence-corrected chi connectivity index (χ3v) is 3.05. The normalized spacial score (nSPS) is 22.5. The summed E-state index contributed by atoms with van der Waals surface area (Å²) in [5.74, 6) is 0. The zero-order valence-corrected chi connectivity index (χ0v) is 8.76. The number of thiazole rings is 1. The molecule has 0 aliphatic carbocycles. The first-order chi connectivity index (χ1) is 6.90. The molecule has 0 saturated carbocycles. The van der Waals surface area contributed by atoms with E-state index >= 15 is 0 Å². The first-order valence-electron chi connectivity index (χ1n) is 4.74. The Hall–Kier alpha value is -0.490. The molecule has 5 heteroatoms. The molecule has 1 saturated heterocycles. The molecule has 1 aromatic rings. The smallest absolute Gasteiger partial charge is 0.132 e. The highest BCUT2D eigenvalue weighted by atomic mass is 32.1. The molecular formula is C9H14N2O2S. The van der Waals surface area contributed by atoms with Crippen molar-refractivity contribution in [3.05, 3.63) is 16.1 Å². The maximum absolute atomic E-state index is 5.55. The lowest BCUT2D eigenvalue weighted by molar-refractivity contribution is -0.0902. The van der Waals surface area contributed by atoms with Crippen LogP contribution in [-0.2, 0) is 15.9 Å². The van der Waals surface area contributed by atoms with Crippen LogP contribution >= 0.6 is 11.3 Å². The fraction of sp³-hybridized carbons (Fsp3) is 0.667. The van der Waals surface area contributed by atoms with E-state index < -0.39 is 0 Å². The molecule has 0 radical (unpaired) electrons. The van der Waals surface area contributed by atoms with Gasteiger partial charge in [-0.25, -0.2) is 4.98 Å². The largest absolute Gasteiger partial charge is 0.376 e. The summed E-state index contributed by atoms with van der Waals surface area (Å²) in [7, 11) is 0. The second-order valence-electron chi connectivity index (χ2n) is 3.15. The minimum Gasteiger partial charge on any atom is -0.376 e. The van der Waals surface area contributed by atoms with E-state index in [1.54, 1.807) is 11.3 Å². The van der Waals surface area contributed by atoms with Crippen LogP contribution in [0, 0.1) is 0 Å². The summed E-state index contributed by atoms with van der Waals surface area (Å²) in [5.41, 5.74) is 6.51. The molecule has 1 atom stereocenters. The lowest BCUT2D eigenvalue weighted by atomic mass is 10.3. The van der Waals surface area contributed by atoms with Crippen LogP contribution in [0.4, 0.5) is 0 Å². The van der Waals surface area contributed by atoms with Crippen LogP contribution in [0.3, 0.4) is 0 Å². The third-order valence-electron chi connectivity index (χ3n) is 2.06. The molecule has 78 valence electrons. The molecule has 0 spiro atoms. The highest BCUT2D eigenvalue weighted by molar-refractivity contribution is 7.09. The topological polar surface area (TPSA) is 57.4 Å². The monoisotopic (exact) mass is 214 g/mol. The maximum atomic E-state index is 5.55. The van der Waals surface area contributed by atoms with Crippen LogP contribution in [0.1, 0.15) is 16.8 Å². The van der Waals surface area contributed by atoms with Crippen molar-refractivity contribution in [3.63, 3.8) is 0 Å². The molecule has 1 aromatic heterocycles. The van der Waals surface area contributed by atoms with Crippen molar-refractivity contribution in [2.45, 2.75) is 12.5 Å². The summed E-state index contributed by atoms with van der Waals surface area (Å²) in [5, 5.41) is 3.05. The number of aromatic nitrogens is 1. The van der Waals surface area contributed by atoms with E-state index in [0.717, 1.165) is 17.1 Å². The number of hydrogen-bond acceptors (Lipinski definition) is 5. The van der Waals surface area contributed by atoms with Gasteiger partial charge in [0.05, 0.1) is 25.5 Å². The predicted molar refractivity (Wildman–Crippen MR) is 54.4 cm³/mol. The quantitative estimate of drug-likeness (QED) is 0.806. The van der Waals surface area contributed by atoms with Gasteiger partial charge < -0.3 is 15.2 Å². The van der Waals surface area contributed by atoms with E-state index in [0.29, 0.717) is 26.4 Å². The fourth-order valence-electron chi connectivity index (χ4n) is 1.36. The number of hydrogen-bond donors (Lipinski definition) is 1. The van der Waals surface area contributed by atoms with E-state index in [9.17, 15) is 0 Å². The average Bonchev–Trinajstić information content (AvgIpc) is 2.68. The highest BCUT2D eigenvalue weighted by Gasteiger charge is 2.19. The Balaban J connectivity index is 2.00. The van der Waals surface area contributed by atoms with Crippen LogP contribution in [0.25, 0.3) is 0 Å². The van der Waals surface area contributed by atoms with Crippen molar-refractivity contribution in [1.29, 1.82) is 0 Å². The molecule has 4 nitrogen and oxygen atoms in total. The van der Waals surface area contributed by atoms with E-state index in [2.05, 4.69) is 4.98 Å². The molecule has 0 amide bonds. The molecule has 1 unspecified atom stereocenters. The van der Waals surface area contributed by atoms with Gasteiger partial charge in [-0.1, -0.05) is 0 Å². The van der Waals surface area contributed by atoms with Gasteiger partial charge in [0.2, 0.25) is 0 Å². The second-order valence-corrected chi connectivity index (χ2v) is 4.04. The first-order valence-corrected chi connectivity index (χ1v) is 5.62. The predicted octanol–water partition coefficient (Wildman–Crippen LogP) is 0.732. The van der Waals surface area contributed by atoms with Gasteiger partial charge >= 0.3 is 0 Å². The van der Waals surface area contributed by atoms with Crippen molar-refractivity contribution >= 4 is 11.3 Å². The fourth-order valence-corrected chi connectivity index (χ4v) is 2.25. The zero-order valence-electron chi connectivity index (χ0n) is 7.94. The summed E-state index contributed by atoms with van der Waals surface area (Å²) in [6.07, 6.45) is 0.865. The number of rotatable bonds is 3. The molecule has 1 aliphatic rings. The van der Waals surface area contributed by atoms with Crippen LogP contribution in [0.2, 0.25) is 0 Å². The van der Waals surface area contributed by atoms with Crippen LogP contribution in [0.5, 0.6) is 0 Å². The summed E-state index contributed by atoms with van der Waals surface area (Å²) in [6, 6.07) is 0. The first kappa shape index (κ1) is 10.0. The Kier molecular flexibility index (Phi) is 3.47. The number of nitrogens with zero attached hydrogens (tertiary/aromatic N) is 1. The molecule has 1 aliphatic heterocycles. The van der Waals surface area contributed by atoms with Crippen molar-refractivity contribution in [1.82, 2.24) is 4.98 Å². The second kappa shape index (κ2) is 4.84. The molecule has 14 heavy (non-hydrogen) atoms. The third kappa shape index (κ3) is 2.30. The Morgan fingerprint density at radius 1 is 1.57 bits per heavy atom. The van der Waals surface area contributed by atoms with Gasteiger partial charge in [0.1, 0.15) is 11.1 Å². The summed E-state index contributed by atoms with van der Waals surface area (Å²) >= 11 is 1.62. The van der Waals surface area contributed by atoms with Gasteiger partial charge in [0.25, 0.3) is 0 Å². The van der Waals surface area contributed by atoms with Crippen molar-refractivity contribution in [3.8, 4) is 0 Å². The molecule has 0 bridgehead atoms. The van der Waals surface area contributed by atoms with Gasteiger partial charge in [-0.05, 0) is 6.54 Å². The van der Waals surface area contributed by atoms with E-state index in [1.807, 2.05) is 5.38 Å². The Bertz CT molecular complexity index is 284. The van der Waals surface area contributed by atoms with Crippen LogP contribution < -0.4 is 5.73 Å². The minimum absolute atomic E-state index is 0.0280. The number of nitrogens with two attached hydrogens (primary N) is 1. The summed E-state index contributed by atoms with van der Waals surface area (Å²) in [6.45, 7) is 2.62. The summed E-state index contributed by atoms with van der Waals surface area (Å²) in [4.78, 5) is 4.46. The van der Waals surface area contributed by atoms with Gasteiger partial charge in [-0.15, -0.1) is 11.3 Å². The van der Waals surface area contributed by atoms with Crippen molar-refractivity contribution in [2.24, 2.45) is 5.73 Å². The molecule has 0 aromatic carbocycles. The Labute approximate surface area is 87.0 Å². The maximum Gasteiger partial charge on any atom is 0.132 e. The molecule has 1 fully saturated rings. The SMILES string of the molecule is NCCc1csc(C2COCCO2)n1. The van der Waals surface area contributed by atoms with Crippen molar-refractivity contribution in [2.75, 3.05) is 26.4 Å². The Morgan fingerprint density at radius 3 is 3.21 bits per heavy atom. The van der Waals surface area contributed by atoms with Gasteiger partial charge in [0, 0.05) is 11.8 Å². The molecule has 2 N–H and O–H groups in total. The molecule has 2 heterocycles. The van der Waals surface area contributed by atoms with E-state index in [-0.39, 0.29) is 6.10 Å². The van der Waals surface area contributed by atoms with Crippen LogP contribution in [-0.4, -0.2) is 31.3 Å². The Morgan fingerprint density at radius 2 is 2.50 bits per heavy atom. The lowest BCUT2D eigenvalue weighted by Crippen LogP contribution is -2.21.